The van der Waals surface area contributed by atoms with Crippen LogP contribution in [0.1, 0.15) is 33.4 Å². The molecule has 10 rings (SSSR count). The maximum atomic E-state index is 6.29. The van der Waals surface area contributed by atoms with Crippen LogP contribution < -0.4 is 9.47 Å². The van der Waals surface area contributed by atoms with Gasteiger partial charge < -0.3 is 9.47 Å². The number of rotatable bonds is 9. The number of ether oxygens (including phenoxy) is 2. The molecule has 0 N–H and O–H groups in total. The van der Waals surface area contributed by atoms with E-state index >= 15 is 0 Å². The first-order valence-corrected chi connectivity index (χ1v) is 18.1. The number of hydrogen-bond donors (Lipinski definition) is 0. The van der Waals surface area contributed by atoms with Crippen LogP contribution in [0.5, 0.6) is 11.5 Å². The van der Waals surface area contributed by atoms with Crippen molar-refractivity contribution in [1.29, 1.82) is 0 Å². The monoisotopic (exact) mass is 726 g/mol. The number of hydrogen-bond acceptors (Lipinski definition) is 10. The van der Waals surface area contributed by atoms with E-state index in [4.69, 9.17) is 29.4 Å². The lowest BCUT2D eigenvalue weighted by Gasteiger charge is -2.11. The summed E-state index contributed by atoms with van der Waals surface area (Å²) < 4.78 is 12.6. The van der Waals surface area contributed by atoms with Gasteiger partial charge >= 0.3 is 0 Å². The molecule has 0 spiro atoms. The highest BCUT2D eigenvalue weighted by Gasteiger charge is 2.28. The van der Waals surface area contributed by atoms with Gasteiger partial charge in [0.2, 0.25) is 0 Å². The van der Waals surface area contributed by atoms with Gasteiger partial charge in [0.1, 0.15) is 36.1 Å². The predicted molar refractivity (Wildman–Crippen MR) is 215 cm³/mol. The molecule has 10 heteroatoms. The second-order valence-corrected chi connectivity index (χ2v) is 13.1. The summed E-state index contributed by atoms with van der Waals surface area (Å²) in [6.45, 7) is 0.657. The number of nitrogens with zero attached hydrogens (tertiary/aromatic N) is 8. The van der Waals surface area contributed by atoms with Crippen LogP contribution in [-0.2, 0) is 13.2 Å². The zero-order valence-corrected chi connectivity index (χ0v) is 29.8. The minimum absolute atomic E-state index is 0.328. The SMILES string of the molecule is c1ccc(OCc2ccc(-c3ccc(COc4ccccc4N=C4c5cccnc5-c5ncccc54)cn3)nc2)c(N=C2c3cccnc3-c3ncccc32)c1. The van der Waals surface area contributed by atoms with Gasteiger partial charge in [-0.05, 0) is 84.9 Å². The number of benzene rings is 2. The van der Waals surface area contributed by atoms with Crippen molar-refractivity contribution >= 4 is 22.8 Å². The Hall–Kier alpha value is -7.72. The molecule has 0 aliphatic heterocycles. The number of para-hydroxylation sites is 4. The van der Waals surface area contributed by atoms with E-state index in [1.54, 1.807) is 24.8 Å². The minimum Gasteiger partial charge on any atom is -0.487 e. The summed E-state index contributed by atoms with van der Waals surface area (Å²) in [7, 11) is 0. The van der Waals surface area contributed by atoms with Crippen molar-refractivity contribution in [2.45, 2.75) is 13.2 Å². The summed E-state index contributed by atoms with van der Waals surface area (Å²) in [5.74, 6) is 1.34. The molecule has 0 amide bonds. The molecule has 0 radical (unpaired) electrons. The Kier molecular flexibility index (Phi) is 8.37. The third kappa shape index (κ3) is 6.14. The van der Waals surface area contributed by atoms with E-state index in [9.17, 15) is 0 Å². The van der Waals surface area contributed by atoms with Crippen LogP contribution in [0.25, 0.3) is 34.2 Å². The molecule has 6 aromatic heterocycles. The number of aliphatic imine (C=N–C) groups is 2. The Balaban J connectivity index is 0.809. The summed E-state index contributed by atoms with van der Waals surface area (Å²) >= 11 is 0. The molecule has 266 valence electrons. The lowest BCUT2D eigenvalue weighted by Crippen LogP contribution is -2.00. The Morgan fingerprint density at radius 1 is 0.375 bits per heavy atom. The normalized spacial score (nSPS) is 12.0. The van der Waals surface area contributed by atoms with Crippen molar-refractivity contribution < 1.29 is 9.47 Å². The van der Waals surface area contributed by atoms with Crippen LogP contribution in [0.2, 0.25) is 0 Å². The standard InChI is InChI=1S/C46H30N8O2/c1-3-15-39(37(13-1)53-41-31-9-5-21-47-43(31)44-32(41)10-6-22-48-44)55-27-29-17-19-35(51-25-29)36-20-18-30(26-52-36)28-56-40-16-4-2-14-38(40)54-42-33-11-7-23-49-45(33)46-34(42)12-8-24-50-46/h1-26H,27-28H2. The molecule has 10 nitrogen and oxygen atoms in total. The van der Waals surface area contributed by atoms with Gasteiger partial charge in [-0.15, -0.1) is 0 Å². The van der Waals surface area contributed by atoms with Gasteiger partial charge in [-0.2, -0.15) is 0 Å². The molecule has 6 heterocycles. The van der Waals surface area contributed by atoms with E-state index in [-0.39, 0.29) is 0 Å². The second-order valence-electron chi connectivity index (χ2n) is 13.1. The van der Waals surface area contributed by atoms with Crippen LogP contribution in [0.4, 0.5) is 11.4 Å². The van der Waals surface area contributed by atoms with Crippen LogP contribution in [0.15, 0.2) is 168 Å². The van der Waals surface area contributed by atoms with Crippen LogP contribution in [0.3, 0.4) is 0 Å². The quantitative estimate of drug-likeness (QED) is 0.144. The summed E-state index contributed by atoms with van der Waals surface area (Å²) in [5, 5.41) is 0. The van der Waals surface area contributed by atoms with Crippen molar-refractivity contribution in [3.63, 3.8) is 0 Å². The van der Waals surface area contributed by atoms with Crippen molar-refractivity contribution in [3.8, 4) is 45.7 Å². The maximum Gasteiger partial charge on any atom is 0.145 e. The fourth-order valence-electron chi connectivity index (χ4n) is 6.90. The Labute approximate surface area is 322 Å². The molecule has 0 fully saturated rings. The molecule has 0 saturated heterocycles. The van der Waals surface area contributed by atoms with E-state index < -0.39 is 0 Å². The molecule has 2 aromatic carbocycles. The van der Waals surface area contributed by atoms with Crippen molar-refractivity contribution in [3.05, 3.63) is 192 Å². The van der Waals surface area contributed by atoms with Gasteiger partial charge in [0.15, 0.2) is 0 Å². The zero-order chi connectivity index (χ0) is 37.3. The molecular formula is C46H30N8O2. The Morgan fingerprint density at radius 2 is 0.750 bits per heavy atom. The van der Waals surface area contributed by atoms with Gasteiger partial charge in [0.25, 0.3) is 0 Å². The summed E-state index contributed by atoms with van der Waals surface area (Å²) in [4.78, 5) is 37.8. The van der Waals surface area contributed by atoms with E-state index in [1.807, 2.05) is 134 Å². The average Bonchev–Trinajstić information content (AvgIpc) is 3.75. The van der Waals surface area contributed by atoms with Crippen LogP contribution >= 0.6 is 0 Å². The number of fused-ring (bicyclic) bond motifs is 6. The van der Waals surface area contributed by atoms with Gasteiger partial charge in [-0.25, -0.2) is 9.98 Å². The smallest absolute Gasteiger partial charge is 0.145 e. The lowest BCUT2D eigenvalue weighted by atomic mass is 10.1. The molecule has 0 atom stereocenters. The molecule has 0 bridgehead atoms. The van der Waals surface area contributed by atoms with Gasteiger partial charge in [-0.3, -0.25) is 29.9 Å². The van der Waals surface area contributed by atoms with Crippen LogP contribution in [0, 0.1) is 0 Å². The van der Waals surface area contributed by atoms with E-state index in [1.165, 1.54) is 0 Å². The average molecular weight is 727 g/mol. The van der Waals surface area contributed by atoms with E-state index in [0.29, 0.717) is 24.7 Å². The first-order valence-electron chi connectivity index (χ1n) is 18.1. The van der Waals surface area contributed by atoms with Gasteiger partial charge in [0, 0.05) is 70.6 Å². The van der Waals surface area contributed by atoms with E-state index in [0.717, 1.165) is 90.3 Å². The summed E-state index contributed by atoms with van der Waals surface area (Å²) in [6.07, 6.45) is 10.8. The zero-order valence-electron chi connectivity index (χ0n) is 29.8. The predicted octanol–water partition coefficient (Wildman–Crippen LogP) is 9.18. The molecule has 0 unspecified atom stereocenters. The Bertz CT molecular complexity index is 2530. The molecule has 2 aliphatic rings. The molecule has 0 saturated carbocycles. The topological polar surface area (TPSA) is 121 Å². The third-order valence-corrected chi connectivity index (χ3v) is 9.60. The van der Waals surface area contributed by atoms with Crippen molar-refractivity contribution in [1.82, 2.24) is 29.9 Å². The maximum absolute atomic E-state index is 6.29. The highest BCUT2D eigenvalue weighted by atomic mass is 16.5. The highest BCUT2D eigenvalue weighted by molar-refractivity contribution is 6.24. The van der Waals surface area contributed by atoms with Gasteiger partial charge in [0.05, 0.1) is 45.6 Å². The number of pyridine rings is 6. The minimum atomic E-state index is 0.328. The molecule has 8 aromatic rings. The van der Waals surface area contributed by atoms with Gasteiger partial charge in [-0.1, -0.05) is 36.4 Å². The molecule has 56 heavy (non-hydrogen) atoms. The first-order chi connectivity index (χ1) is 27.8. The lowest BCUT2D eigenvalue weighted by molar-refractivity contribution is 0.307. The highest BCUT2D eigenvalue weighted by Crippen LogP contribution is 2.38. The third-order valence-electron chi connectivity index (χ3n) is 9.60. The largest absolute Gasteiger partial charge is 0.487 e. The second kappa shape index (κ2) is 14.3. The fraction of sp³-hybridized carbons (Fsp3) is 0.0435. The van der Waals surface area contributed by atoms with Crippen LogP contribution in [-0.4, -0.2) is 41.3 Å². The Morgan fingerprint density at radius 3 is 1.11 bits per heavy atom. The van der Waals surface area contributed by atoms with Crippen molar-refractivity contribution in [2.75, 3.05) is 0 Å². The van der Waals surface area contributed by atoms with E-state index in [2.05, 4.69) is 19.9 Å². The fourth-order valence-corrected chi connectivity index (χ4v) is 6.90. The van der Waals surface area contributed by atoms with Crippen molar-refractivity contribution in [2.24, 2.45) is 9.98 Å². The summed E-state index contributed by atoms with van der Waals surface area (Å²) in [5.41, 5.74) is 13.6. The number of aromatic nitrogens is 6. The molecule has 2 aliphatic carbocycles. The summed E-state index contributed by atoms with van der Waals surface area (Å²) in [6, 6.07) is 39.2. The first kappa shape index (κ1) is 32.9. The molecular weight excluding hydrogens is 697 g/mol.